The normalized spacial score (nSPS) is 23.3. The van der Waals surface area contributed by atoms with Crippen LogP contribution >= 0.6 is 0 Å². The summed E-state index contributed by atoms with van der Waals surface area (Å²) in [5.41, 5.74) is -0.355. The second kappa shape index (κ2) is 9.19. The Bertz CT molecular complexity index is 1320. The molecule has 1 aliphatic heterocycles. The Morgan fingerprint density at radius 1 is 1.26 bits per heavy atom. The van der Waals surface area contributed by atoms with E-state index in [4.69, 9.17) is 0 Å². The zero-order valence-electron chi connectivity index (χ0n) is 19.7. The number of aryl methyl sites for hydroxylation is 3. The fourth-order valence-corrected chi connectivity index (χ4v) is 4.80. The van der Waals surface area contributed by atoms with Gasteiger partial charge in [0.05, 0.1) is 28.8 Å². The summed E-state index contributed by atoms with van der Waals surface area (Å²) in [6.45, 7) is 3.21. The number of rotatable bonds is 5. The van der Waals surface area contributed by atoms with Gasteiger partial charge in [-0.25, -0.2) is 9.78 Å². The number of benzene rings is 1. The summed E-state index contributed by atoms with van der Waals surface area (Å²) in [6, 6.07) is 7.03. The minimum Gasteiger partial charge on any atom is -0.391 e. The van der Waals surface area contributed by atoms with Crippen LogP contribution in [0, 0.1) is 6.92 Å². The summed E-state index contributed by atoms with van der Waals surface area (Å²) in [5.74, 6) is 0.718. The van der Waals surface area contributed by atoms with Crippen LogP contribution in [0.2, 0.25) is 0 Å². The highest BCUT2D eigenvalue weighted by Crippen LogP contribution is 2.31. The maximum atomic E-state index is 13.1. The molecule has 0 radical (unpaired) electrons. The zero-order chi connectivity index (χ0) is 24.6. The molecule has 0 aliphatic carbocycles. The van der Waals surface area contributed by atoms with Crippen LogP contribution in [-0.4, -0.2) is 64.9 Å². The molecule has 0 unspecified atom stereocenters. The van der Waals surface area contributed by atoms with Crippen molar-refractivity contribution in [2.45, 2.75) is 57.3 Å². The third-order valence-corrected chi connectivity index (χ3v) is 6.70. The molecular formula is C24H31N5O5. The molecule has 3 heterocycles. The van der Waals surface area contributed by atoms with E-state index in [2.05, 4.69) is 9.97 Å². The molecule has 0 bridgehead atoms. The number of aliphatic hydroxyl groups is 2. The van der Waals surface area contributed by atoms with Crippen molar-refractivity contribution in [3.63, 3.8) is 0 Å². The Kier molecular flexibility index (Phi) is 6.46. The number of hydrogen-bond acceptors (Lipinski definition) is 6. The smallest absolute Gasteiger partial charge is 0.328 e. The van der Waals surface area contributed by atoms with Crippen LogP contribution in [0.1, 0.15) is 43.6 Å². The first kappa shape index (κ1) is 23.9. The number of imidazole rings is 1. The Balaban J connectivity index is 1.50. The first-order chi connectivity index (χ1) is 16.1. The van der Waals surface area contributed by atoms with Crippen molar-refractivity contribution in [2.75, 3.05) is 13.1 Å². The number of nitrogens with one attached hydrogen (secondary N) is 1. The van der Waals surface area contributed by atoms with E-state index in [1.807, 2.05) is 35.9 Å². The standard InChI is InChI=1S/C24H31N5O5/c1-15-12-29(23(33)26-22(15)32)19-14-28(13-16(30)11-24(19,2)34)21(31)10-6-9-20-25-17-7-4-5-8-18(17)27(20)3/h4-5,7-8,12,16,19,30,34H,6,9-11,13-14H2,1-3H3,(H,26,32,33)/t16-,19+,24+/m1/s1. The Labute approximate surface area is 196 Å². The number of H-pyrrole nitrogens is 1. The van der Waals surface area contributed by atoms with Gasteiger partial charge < -0.3 is 19.7 Å². The monoisotopic (exact) mass is 469 g/mol. The molecule has 10 heteroatoms. The molecule has 1 fully saturated rings. The van der Waals surface area contributed by atoms with Gasteiger partial charge in [-0.2, -0.15) is 0 Å². The van der Waals surface area contributed by atoms with E-state index in [-0.39, 0.29) is 31.8 Å². The van der Waals surface area contributed by atoms with Crippen LogP contribution in [0.3, 0.4) is 0 Å². The van der Waals surface area contributed by atoms with E-state index in [1.165, 1.54) is 22.6 Å². The van der Waals surface area contributed by atoms with Crippen molar-refractivity contribution < 1.29 is 15.0 Å². The minimum atomic E-state index is -1.46. The molecule has 182 valence electrons. The number of aliphatic hydroxyl groups excluding tert-OH is 1. The summed E-state index contributed by atoms with van der Waals surface area (Å²) < 4.78 is 3.28. The highest BCUT2D eigenvalue weighted by Gasteiger charge is 2.41. The third kappa shape index (κ3) is 4.69. The number of aromatic nitrogens is 4. The SMILES string of the molecule is Cc1cn([C@H]2CN(C(=O)CCCc3nc4ccccc4n3C)C[C@H](O)C[C@]2(C)O)c(=O)[nH]c1=O. The van der Waals surface area contributed by atoms with E-state index in [1.54, 1.807) is 6.92 Å². The third-order valence-electron chi connectivity index (χ3n) is 6.70. The summed E-state index contributed by atoms with van der Waals surface area (Å²) in [6.07, 6.45) is 1.88. The first-order valence-electron chi connectivity index (χ1n) is 11.5. The highest BCUT2D eigenvalue weighted by atomic mass is 16.3. The topological polar surface area (TPSA) is 133 Å². The van der Waals surface area contributed by atoms with E-state index >= 15 is 0 Å². The molecule has 3 N–H and O–H groups in total. The van der Waals surface area contributed by atoms with Crippen molar-refractivity contribution in [3.8, 4) is 0 Å². The van der Waals surface area contributed by atoms with Crippen LogP contribution in [0.15, 0.2) is 40.1 Å². The highest BCUT2D eigenvalue weighted by molar-refractivity contribution is 5.77. The largest absolute Gasteiger partial charge is 0.391 e. The number of β-amino-alcohol motifs (C(OH)–C–C–N with tert-alkyl or cyclic N) is 1. The molecule has 1 amide bonds. The first-order valence-corrected chi connectivity index (χ1v) is 11.5. The molecule has 10 nitrogen and oxygen atoms in total. The summed E-state index contributed by atoms with van der Waals surface area (Å²) in [7, 11) is 1.95. The molecule has 2 aromatic heterocycles. The molecule has 34 heavy (non-hydrogen) atoms. The van der Waals surface area contributed by atoms with Crippen molar-refractivity contribution in [1.82, 2.24) is 24.0 Å². The predicted octanol–water partition coefficient (Wildman–Crippen LogP) is 0.640. The van der Waals surface area contributed by atoms with Crippen LogP contribution < -0.4 is 11.2 Å². The summed E-state index contributed by atoms with van der Waals surface area (Å²) in [4.78, 5) is 45.8. The Hall–Kier alpha value is -3.24. The van der Waals surface area contributed by atoms with Crippen molar-refractivity contribution in [2.24, 2.45) is 7.05 Å². The zero-order valence-corrected chi connectivity index (χ0v) is 19.7. The van der Waals surface area contributed by atoms with Crippen LogP contribution in [0.5, 0.6) is 0 Å². The average molecular weight is 470 g/mol. The average Bonchev–Trinajstić information content (AvgIpc) is 3.02. The second-order valence-electron chi connectivity index (χ2n) is 9.44. The second-order valence-corrected chi connectivity index (χ2v) is 9.44. The Morgan fingerprint density at radius 2 is 2.00 bits per heavy atom. The van der Waals surface area contributed by atoms with Gasteiger partial charge in [-0.15, -0.1) is 0 Å². The molecule has 3 aromatic rings. The predicted molar refractivity (Wildman–Crippen MR) is 127 cm³/mol. The van der Waals surface area contributed by atoms with Gasteiger partial charge in [-0.3, -0.25) is 19.1 Å². The number of carbonyl (C=O) groups excluding carboxylic acids is 1. The van der Waals surface area contributed by atoms with E-state index in [0.717, 1.165) is 16.9 Å². The van der Waals surface area contributed by atoms with Gasteiger partial charge in [0.15, 0.2) is 0 Å². The maximum Gasteiger partial charge on any atom is 0.328 e. The van der Waals surface area contributed by atoms with Gasteiger partial charge >= 0.3 is 5.69 Å². The van der Waals surface area contributed by atoms with Gasteiger partial charge in [-0.1, -0.05) is 12.1 Å². The van der Waals surface area contributed by atoms with E-state index in [9.17, 15) is 24.6 Å². The van der Waals surface area contributed by atoms with Gasteiger partial charge in [0.2, 0.25) is 5.91 Å². The fourth-order valence-electron chi connectivity index (χ4n) is 4.80. The quantitative estimate of drug-likeness (QED) is 0.502. The molecule has 0 spiro atoms. The number of amides is 1. The molecule has 0 saturated carbocycles. The summed E-state index contributed by atoms with van der Waals surface area (Å²) in [5, 5.41) is 21.6. The lowest BCUT2D eigenvalue weighted by atomic mass is 9.91. The van der Waals surface area contributed by atoms with Gasteiger partial charge in [0, 0.05) is 51.2 Å². The number of hydrogen-bond donors (Lipinski definition) is 3. The lowest BCUT2D eigenvalue weighted by Gasteiger charge is -2.34. The van der Waals surface area contributed by atoms with Crippen LogP contribution in [-0.2, 0) is 18.3 Å². The number of nitrogens with zero attached hydrogens (tertiary/aromatic N) is 4. The van der Waals surface area contributed by atoms with Crippen molar-refractivity contribution in [1.29, 1.82) is 0 Å². The molecule has 1 saturated heterocycles. The van der Waals surface area contributed by atoms with Crippen molar-refractivity contribution >= 4 is 16.9 Å². The molecule has 4 rings (SSSR count). The lowest BCUT2D eigenvalue weighted by Crippen LogP contribution is -2.47. The lowest BCUT2D eigenvalue weighted by molar-refractivity contribution is -0.133. The van der Waals surface area contributed by atoms with Gasteiger partial charge in [0.1, 0.15) is 5.82 Å². The number of carbonyl (C=O) groups is 1. The van der Waals surface area contributed by atoms with Gasteiger partial charge in [0.25, 0.3) is 5.56 Å². The molecule has 1 aliphatic rings. The van der Waals surface area contributed by atoms with Crippen molar-refractivity contribution in [3.05, 3.63) is 62.7 Å². The van der Waals surface area contributed by atoms with Crippen LogP contribution in [0.25, 0.3) is 11.0 Å². The van der Waals surface area contributed by atoms with E-state index in [0.29, 0.717) is 18.4 Å². The molecule has 1 aromatic carbocycles. The fraction of sp³-hybridized carbons (Fsp3) is 0.500. The number of aromatic amines is 1. The minimum absolute atomic E-state index is 0.00802. The van der Waals surface area contributed by atoms with Gasteiger partial charge in [-0.05, 0) is 32.4 Å². The number of fused-ring (bicyclic) bond motifs is 1. The Morgan fingerprint density at radius 3 is 2.74 bits per heavy atom. The summed E-state index contributed by atoms with van der Waals surface area (Å²) >= 11 is 0. The van der Waals surface area contributed by atoms with E-state index < -0.39 is 29.0 Å². The molecule has 3 atom stereocenters. The number of para-hydroxylation sites is 2. The maximum absolute atomic E-state index is 13.1. The number of likely N-dealkylation sites (tertiary alicyclic amines) is 1. The van der Waals surface area contributed by atoms with Crippen LogP contribution in [0.4, 0.5) is 0 Å². The molecular weight excluding hydrogens is 438 g/mol.